The van der Waals surface area contributed by atoms with E-state index in [0.717, 1.165) is 31.2 Å². The van der Waals surface area contributed by atoms with E-state index in [0.29, 0.717) is 11.1 Å². The number of nitrogens with one attached hydrogen (secondary N) is 1. The summed E-state index contributed by atoms with van der Waals surface area (Å²) < 4.78 is 0. The molecule has 1 saturated carbocycles. The molecule has 1 N–H and O–H groups in total. The van der Waals surface area contributed by atoms with E-state index in [9.17, 15) is 14.4 Å². The maximum Gasteiger partial charge on any atom is 0.261 e. The highest BCUT2D eigenvalue weighted by Gasteiger charge is 2.35. The minimum Gasteiger partial charge on any atom is -0.353 e. The summed E-state index contributed by atoms with van der Waals surface area (Å²) in [5.41, 5.74) is 1.84. The van der Waals surface area contributed by atoms with Crippen LogP contribution >= 0.6 is 0 Å². The van der Waals surface area contributed by atoms with Crippen LogP contribution in [0.25, 0.3) is 0 Å². The van der Waals surface area contributed by atoms with E-state index in [4.69, 9.17) is 0 Å². The zero-order valence-corrected chi connectivity index (χ0v) is 14.1. The van der Waals surface area contributed by atoms with Gasteiger partial charge < -0.3 is 5.32 Å². The van der Waals surface area contributed by atoms with Gasteiger partial charge in [-0.1, -0.05) is 37.3 Å². The number of rotatable bonds is 4. The van der Waals surface area contributed by atoms with Gasteiger partial charge in [-0.2, -0.15) is 0 Å². The fourth-order valence-corrected chi connectivity index (χ4v) is 3.54. The van der Waals surface area contributed by atoms with Crippen molar-refractivity contribution in [3.8, 4) is 0 Å². The molecule has 0 aromatic heterocycles. The summed E-state index contributed by atoms with van der Waals surface area (Å²) in [6.07, 6.45) is 7.00. The number of nitrogens with zero attached hydrogens (tertiary/aromatic N) is 1. The van der Waals surface area contributed by atoms with E-state index in [1.165, 1.54) is 17.7 Å². The van der Waals surface area contributed by atoms with Crippen LogP contribution in [0.1, 0.15) is 71.2 Å². The van der Waals surface area contributed by atoms with E-state index < -0.39 is 0 Å². The smallest absolute Gasteiger partial charge is 0.261 e. The van der Waals surface area contributed by atoms with Crippen LogP contribution in [-0.4, -0.2) is 35.2 Å². The van der Waals surface area contributed by atoms with Gasteiger partial charge in [-0.3, -0.25) is 19.3 Å². The van der Waals surface area contributed by atoms with Gasteiger partial charge in [0.25, 0.3) is 11.8 Å². The Bertz CT molecular complexity index is 661. The van der Waals surface area contributed by atoms with Crippen molar-refractivity contribution in [2.75, 3.05) is 6.54 Å². The van der Waals surface area contributed by atoms with Crippen LogP contribution in [0.3, 0.4) is 0 Å². The third-order valence-electron chi connectivity index (χ3n) is 4.91. The lowest BCUT2D eigenvalue weighted by atomic mass is 10.1. The zero-order valence-electron chi connectivity index (χ0n) is 14.1. The van der Waals surface area contributed by atoms with Gasteiger partial charge in [-0.25, -0.2) is 0 Å². The normalized spacial score (nSPS) is 18.5. The minimum absolute atomic E-state index is 0.0744. The lowest BCUT2D eigenvalue weighted by molar-refractivity contribution is -0.121. The molecule has 0 atom stereocenters. The molecule has 0 spiro atoms. The number of fused-ring (bicyclic) bond motifs is 1. The second-order valence-electron chi connectivity index (χ2n) is 6.82. The van der Waals surface area contributed by atoms with Crippen LogP contribution in [0.2, 0.25) is 0 Å². The predicted octanol–water partition coefficient (Wildman–Crippen LogP) is 2.82. The molecule has 128 valence electrons. The molecular weight excluding hydrogens is 304 g/mol. The second kappa shape index (κ2) is 7.16. The molecule has 3 amide bonds. The van der Waals surface area contributed by atoms with Crippen LogP contribution in [0, 0.1) is 6.92 Å². The van der Waals surface area contributed by atoms with Gasteiger partial charge in [0.2, 0.25) is 5.91 Å². The molecule has 1 aliphatic carbocycles. The third kappa shape index (κ3) is 3.50. The molecule has 1 fully saturated rings. The van der Waals surface area contributed by atoms with Crippen LogP contribution in [0.4, 0.5) is 0 Å². The molecule has 0 radical (unpaired) electrons. The van der Waals surface area contributed by atoms with E-state index in [1.807, 2.05) is 13.0 Å². The number of imide groups is 1. The number of carbonyl (C=O) groups is 3. The standard InChI is InChI=1S/C19H24N2O3/c1-13-8-9-15-16(12-13)19(24)21(18(15)23)11-10-17(22)20-14-6-4-2-3-5-7-14/h8-9,12,14H,2-7,10-11H2,1H3,(H,20,22). The van der Waals surface area contributed by atoms with Gasteiger partial charge >= 0.3 is 0 Å². The largest absolute Gasteiger partial charge is 0.353 e. The molecule has 2 aliphatic rings. The highest BCUT2D eigenvalue weighted by atomic mass is 16.2. The Morgan fingerprint density at radius 1 is 1.08 bits per heavy atom. The van der Waals surface area contributed by atoms with E-state index in [-0.39, 0.29) is 36.7 Å². The lowest BCUT2D eigenvalue weighted by Gasteiger charge is -2.18. The summed E-state index contributed by atoms with van der Waals surface area (Å²) in [5, 5.41) is 3.05. The first-order valence-corrected chi connectivity index (χ1v) is 8.82. The van der Waals surface area contributed by atoms with E-state index in [1.54, 1.807) is 12.1 Å². The number of hydrogen-bond donors (Lipinski definition) is 1. The van der Waals surface area contributed by atoms with Crippen molar-refractivity contribution in [3.05, 3.63) is 34.9 Å². The second-order valence-corrected chi connectivity index (χ2v) is 6.82. The quantitative estimate of drug-likeness (QED) is 0.683. The highest BCUT2D eigenvalue weighted by molar-refractivity contribution is 6.21. The van der Waals surface area contributed by atoms with Crippen LogP contribution in [0.15, 0.2) is 18.2 Å². The Labute approximate surface area is 142 Å². The Morgan fingerprint density at radius 2 is 1.75 bits per heavy atom. The number of aryl methyl sites for hydroxylation is 1. The van der Waals surface area contributed by atoms with Crippen LogP contribution in [-0.2, 0) is 4.79 Å². The molecule has 1 heterocycles. The molecule has 24 heavy (non-hydrogen) atoms. The summed E-state index contributed by atoms with van der Waals surface area (Å²) in [5.74, 6) is -0.659. The number of hydrogen-bond acceptors (Lipinski definition) is 3. The fraction of sp³-hybridized carbons (Fsp3) is 0.526. The monoisotopic (exact) mass is 328 g/mol. The number of benzene rings is 1. The van der Waals surface area contributed by atoms with Crippen molar-refractivity contribution >= 4 is 17.7 Å². The molecule has 0 unspecified atom stereocenters. The topological polar surface area (TPSA) is 66.5 Å². The molecule has 0 saturated heterocycles. The summed E-state index contributed by atoms with van der Waals surface area (Å²) in [6, 6.07) is 5.49. The fourth-order valence-electron chi connectivity index (χ4n) is 3.54. The van der Waals surface area contributed by atoms with Gasteiger partial charge in [0.15, 0.2) is 0 Å². The van der Waals surface area contributed by atoms with Crippen molar-refractivity contribution in [2.24, 2.45) is 0 Å². The molecule has 1 aromatic rings. The van der Waals surface area contributed by atoms with Gasteiger partial charge in [-0.05, 0) is 31.9 Å². The Balaban J connectivity index is 1.56. The first-order chi connectivity index (χ1) is 11.6. The molecule has 5 nitrogen and oxygen atoms in total. The predicted molar refractivity (Wildman–Crippen MR) is 90.8 cm³/mol. The molecule has 0 bridgehead atoms. The third-order valence-corrected chi connectivity index (χ3v) is 4.91. The Kier molecular flexibility index (Phi) is 4.97. The van der Waals surface area contributed by atoms with Gasteiger partial charge in [0.05, 0.1) is 11.1 Å². The Morgan fingerprint density at radius 3 is 2.46 bits per heavy atom. The summed E-state index contributed by atoms with van der Waals surface area (Å²) in [6.45, 7) is 2.03. The van der Waals surface area contributed by atoms with E-state index >= 15 is 0 Å². The number of amides is 3. The molecule has 3 rings (SSSR count). The molecule has 1 aliphatic heterocycles. The SMILES string of the molecule is Cc1ccc2c(c1)C(=O)N(CCC(=O)NC1CCCCCC1)C2=O. The van der Waals surface area contributed by atoms with Crippen LogP contribution < -0.4 is 5.32 Å². The maximum atomic E-state index is 12.4. The Hall–Kier alpha value is -2.17. The average molecular weight is 328 g/mol. The minimum atomic E-state index is -0.294. The summed E-state index contributed by atoms with van der Waals surface area (Å²) in [4.78, 5) is 38.1. The van der Waals surface area contributed by atoms with E-state index in [2.05, 4.69) is 5.32 Å². The van der Waals surface area contributed by atoms with Gasteiger partial charge in [0.1, 0.15) is 0 Å². The molecular formula is C19H24N2O3. The average Bonchev–Trinajstić information content (AvgIpc) is 2.75. The molecule has 5 heteroatoms. The zero-order chi connectivity index (χ0) is 17.1. The summed E-state index contributed by atoms with van der Waals surface area (Å²) in [7, 11) is 0. The van der Waals surface area contributed by atoms with Crippen molar-refractivity contribution in [1.29, 1.82) is 0 Å². The van der Waals surface area contributed by atoms with Gasteiger partial charge in [-0.15, -0.1) is 0 Å². The highest BCUT2D eigenvalue weighted by Crippen LogP contribution is 2.24. The van der Waals surface area contributed by atoms with Crippen LogP contribution in [0.5, 0.6) is 0 Å². The van der Waals surface area contributed by atoms with Crippen molar-refractivity contribution < 1.29 is 14.4 Å². The van der Waals surface area contributed by atoms with Crippen molar-refractivity contribution in [3.63, 3.8) is 0 Å². The number of carbonyl (C=O) groups excluding carboxylic acids is 3. The summed E-state index contributed by atoms with van der Waals surface area (Å²) >= 11 is 0. The lowest BCUT2D eigenvalue weighted by Crippen LogP contribution is -2.38. The van der Waals surface area contributed by atoms with Crippen molar-refractivity contribution in [1.82, 2.24) is 10.2 Å². The molecule has 1 aromatic carbocycles. The first-order valence-electron chi connectivity index (χ1n) is 8.82. The first kappa shape index (κ1) is 16.7. The van der Waals surface area contributed by atoms with Gasteiger partial charge in [0, 0.05) is 19.0 Å². The maximum absolute atomic E-state index is 12.4. The van der Waals surface area contributed by atoms with Crippen molar-refractivity contribution in [2.45, 2.75) is 57.9 Å².